The fourth-order valence-electron chi connectivity index (χ4n) is 3.47. The Kier molecular flexibility index (Phi) is 8.10. The van der Waals surface area contributed by atoms with Crippen LogP contribution in [0.2, 0.25) is 0 Å². The smallest absolute Gasteiger partial charge is 0.406 e. The van der Waals surface area contributed by atoms with E-state index in [2.05, 4.69) is 29.7 Å². The van der Waals surface area contributed by atoms with E-state index in [0.717, 1.165) is 12.8 Å². The van der Waals surface area contributed by atoms with Crippen molar-refractivity contribution in [2.24, 2.45) is 0 Å². The normalized spacial score (nSPS) is 12.8. The van der Waals surface area contributed by atoms with Crippen LogP contribution < -0.4 is 9.64 Å². The van der Waals surface area contributed by atoms with Gasteiger partial charge in [-0.2, -0.15) is 5.26 Å². The summed E-state index contributed by atoms with van der Waals surface area (Å²) in [7, 11) is 1.77. The van der Waals surface area contributed by atoms with Crippen molar-refractivity contribution in [3.05, 3.63) is 35.7 Å². The number of hydrogen-bond donors (Lipinski definition) is 0. The van der Waals surface area contributed by atoms with Crippen LogP contribution in [0.25, 0.3) is 11.3 Å². The first-order valence-corrected chi connectivity index (χ1v) is 10.4. The molecule has 2 aromatic rings. The molecule has 1 heterocycles. The fourth-order valence-corrected chi connectivity index (χ4v) is 3.47. The predicted octanol–water partition coefficient (Wildman–Crippen LogP) is 6.13. The summed E-state index contributed by atoms with van der Waals surface area (Å²) in [6.07, 6.45) is -1.84. The number of nitrogens with zero attached hydrogens (tertiary/aromatic N) is 4. The van der Waals surface area contributed by atoms with Gasteiger partial charge in [-0.15, -0.1) is 13.2 Å². The number of anilines is 1. The monoisotopic (exact) mass is 444 g/mol. The highest BCUT2D eigenvalue weighted by Crippen LogP contribution is 2.36. The van der Waals surface area contributed by atoms with Crippen LogP contribution in [0.15, 0.2) is 24.3 Å². The number of unbranched alkanes of at least 4 members (excludes halogenated alkanes) is 1. The molecule has 0 saturated heterocycles. The van der Waals surface area contributed by atoms with Crippen molar-refractivity contribution >= 4 is 5.82 Å². The zero-order valence-corrected chi connectivity index (χ0v) is 19.0. The van der Waals surface area contributed by atoms with E-state index in [-0.39, 0.29) is 5.75 Å². The van der Waals surface area contributed by atoms with Crippen molar-refractivity contribution in [2.45, 2.75) is 65.2 Å². The molecule has 0 spiro atoms. The van der Waals surface area contributed by atoms with Crippen LogP contribution in [-0.2, 0) is 5.41 Å². The third-order valence-electron chi connectivity index (χ3n) is 5.28. The minimum Gasteiger partial charge on any atom is -0.406 e. The first-order chi connectivity index (χ1) is 15.1. The number of benzene rings is 1. The van der Waals surface area contributed by atoms with E-state index >= 15 is 0 Å². The lowest BCUT2D eigenvalue weighted by atomic mass is 9.80. The summed E-state index contributed by atoms with van der Waals surface area (Å²) in [5.41, 5.74) is 0.977. The maximum Gasteiger partial charge on any atom is 0.573 e. The van der Waals surface area contributed by atoms with Crippen LogP contribution in [0.5, 0.6) is 5.75 Å². The van der Waals surface area contributed by atoms with Crippen molar-refractivity contribution in [3.63, 3.8) is 0 Å². The second kappa shape index (κ2) is 10.4. The predicted molar refractivity (Wildman–Crippen MR) is 118 cm³/mol. The van der Waals surface area contributed by atoms with Gasteiger partial charge in [0.2, 0.25) is 0 Å². The SMILES string of the molecule is CC#CN(C)c1nc(C(C#N)(CC)CCCC)nc(-c2ccc(OC(F)(F)F)cc2)c1C. The van der Waals surface area contributed by atoms with Gasteiger partial charge in [-0.05, 0) is 51.0 Å². The average Bonchev–Trinajstić information content (AvgIpc) is 2.75. The number of alkyl halides is 3. The van der Waals surface area contributed by atoms with Gasteiger partial charge in [0.05, 0.1) is 11.8 Å². The zero-order chi connectivity index (χ0) is 23.9. The number of rotatable bonds is 8. The lowest BCUT2D eigenvalue weighted by Crippen LogP contribution is -2.28. The number of ether oxygens (including phenoxy) is 1. The molecular weight excluding hydrogens is 417 g/mol. The Labute approximate surface area is 187 Å². The van der Waals surface area contributed by atoms with Crippen LogP contribution in [0, 0.1) is 30.2 Å². The molecule has 0 radical (unpaired) electrons. The van der Waals surface area contributed by atoms with Gasteiger partial charge in [-0.1, -0.05) is 32.6 Å². The molecule has 0 amide bonds. The summed E-state index contributed by atoms with van der Waals surface area (Å²) in [4.78, 5) is 11.1. The molecule has 2 rings (SSSR count). The van der Waals surface area contributed by atoms with E-state index < -0.39 is 11.8 Å². The van der Waals surface area contributed by atoms with Crippen molar-refractivity contribution in [2.75, 3.05) is 11.9 Å². The molecule has 0 aliphatic heterocycles. The Bertz CT molecular complexity index is 1030. The van der Waals surface area contributed by atoms with Gasteiger partial charge >= 0.3 is 6.36 Å². The molecule has 170 valence electrons. The van der Waals surface area contributed by atoms with Crippen molar-refractivity contribution in [1.29, 1.82) is 5.26 Å². The molecule has 1 aromatic heterocycles. The van der Waals surface area contributed by atoms with Gasteiger partial charge in [0.1, 0.15) is 17.0 Å². The van der Waals surface area contributed by atoms with Gasteiger partial charge < -0.3 is 4.74 Å². The van der Waals surface area contributed by atoms with Crippen LogP contribution in [0.1, 0.15) is 57.8 Å². The molecule has 8 heteroatoms. The summed E-state index contributed by atoms with van der Waals surface area (Å²) in [6.45, 7) is 7.52. The van der Waals surface area contributed by atoms with Gasteiger partial charge in [0, 0.05) is 24.2 Å². The Morgan fingerprint density at radius 3 is 2.28 bits per heavy atom. The minimum absolute atomic E-state index is 0.315. The van der Waals surface area contributed by atoms with E-state index in [1.165, 1.54) is 24.3 Å². The Morgan fingerprint density at radius 1 is 1.12 bits per heavy atom. The molecule has 0 aliphatic rings. The largest absolute Gasteiger partial charge is 0.573 e. The second-order valence-corrected chi connectivity index (χ2v) is 7.49. The molecule has 1 atom stereocenters. The quantitative estimate of drug-likeness (QED) is 0.362. The van der Waals surface area contributed by atoms with E-state index in [9.17, 15) is 18.4 Å². The van der Waals surface area contributed by atoms with Gasteiger partial charge in [0.25, 0.3) is 0 Å². The number of halogens is 3. The number of nitriles is 1. The third kappa shape index (κ3) is 5.70. The molecular formula is C24H27F3N4O. The maximum absolute atomic E-state index is 12.5. The summed E-state index contributed by atoms with van der Waals surface area (Å²) in [5, 5.41) is 10.1. The van der Waals surface area contributed by atoms with Crippen LogP contribution in [0.3, 0.4) is 0 Å². The van der Waals surface area contributed by atoms with E-state index in [0.29, 0.717) is 41.3 Å². The lowest BCUT2D eigenvalue weighted by Gasteiger charge is -2.26. The topological polar surface area (TPSA) is 62.0 Å². The highest BCUT2D eigenvalue weighted by Gasteiger charge is 2.35. The first-order valence-electron chi connectivity index (χ1n) is 10.4. The molecule has 0 saturated carbocycles. The minimum atomic E-state index is -4.76. The van der Waals surface area contributed by atoms with E-state index in [1.54, 1.807) is 18.9 Å². The number of aromatic nitrogens is 2. The average molecular weight is 445 g/mol. The maximum atomic E-state index is 12.5. The summed E-state index contributed by atoms with van der Waals surface area (Å²) < 4.78 is 41.5. The van der Waals surface area contributed by atoms with Crippen LogP contribution in [0.4, 0.5) is 19.0 Å². The first kappa shape index (κ1) is 25.0. The molecule has 5 nitrogen and oxygen atoms in total. The highest BCUT2D eigenvalue weighted by atomic mass is 19.4. The molecule has 0 fully saturated rings. The molecule has 0 N–H and O–H groups in total. The van der Waals surface area contributed by atoms with Crippen LogP contribution >= 0.6 is 0 Å². The lowest BCUT2D eigenvalue weighted by molar-refractivity contribution is -0.274. The second-order valence-electron chi connectivity index (χ2n) is 7.49. The third-order valence-corrected chi connectivity index (χ3v) is 5.28. The van der Waals surface area contributed by atoms with Crippen molar-refractivity contribution < 1.29 is 17.9 Å². The summed E-state index contributed by atoms with van der Waals surface area (Å²) in [5.74, 6) is 3.47. The molecule has 0 aliphatic carbocycles. The van der Waals surface area contributed by atoms with Crippen LogP contribution in [-0.4, -0.2) is 23.4 Å². The Hall–Kier alpha value is -3.26. The number of hydrogen-bond acceptors (Lipinski definition) is 5. The highest BCUT2D eigenvalue weighted by molar-refractivity contribution is 5.70. The summed E-state index contributed by atoms with van der Waals surface area (Å²) in [6, 6.07) is 10.9. The van der Waals surface area contributed by atoms with Crippen molar-refractivity contribution in [3.8, 4) is 35.0 Å². The zero-order valence-electron chi connectivity index (χ0n) is 19.0. The molecule has 32 heavy (non-hydrogen) atoms. The molecule has 1 aromatic carbocycles. The van der Waals surface area contributed by atoms with E-state index in [1.807, 2.05) is 13.8 Å². The van der Waals surface area contributed by atoms with Gasteiger partial charge in [-0.25, -0.2) is 9.97 Å². The van der Waals surface area contributed by atoms with E-state index in [4.69, 9.17) is 9.97 Å². The molecule has 0 bridgehead atoms. The van der Waals surface area contributed by atoms with Gasteiger partial charge in [0.15, 0.2) is 5.82 Å². The standard InChI is InChI=1S/C24H27F3N4O/c1-6-9-14-23(8-3,16-28)22-29-20(17(4)21(30-22)31(5)15-7-2)18-10-12-19(13-11-18)32-24(25,26)27/h10-13H,6,8-9,14H2,1-5H3. The fraction of sp³-hybridized carbons (Fsp3) is 0.458. The van der Waals surface area contributed by atoms with Crippen molar-refractivity contribution in [1.82, 2.24) is 9.97 Å². The Morgan fingerprint density at radius 2 is 1.78 bits per heavy atom. The Balaban J connectivity index is 2.68. The molecule has 1 unspecified atom stereocenters. The summed E-state index contributed by atoms with van der Waals surface area (Å²) >= 11 is 0. The van der Waals surface area contributed by atoms with Gasteiger partial charge in [-0.3, -0.25) is 4.90 Å².